The van der Waals surface area contributed by atoms with Gasteiger partial charge in [0.15, 0.2) is 0 Å². The van der Waals surface area contributed by atoms with Gasteiger partial charge in [-0.05, 0) is 25.0 Å². The zero-order valence-electron chi connectivity index (χ0n) is 11.0. The lowest BCUT2D eigenvalue weighted by Gasteiger charge is -2.06. The maximum Gasteiger partial charge on any atom is 0.233 e. The van der Waals surface area contributed by atoms with Gasteiger partial charge in [-0.25, -0.2) is 0 Å². The van der Waals surface area contributed by atoms with Crippen molar-refractivity contribution in [3.05, 3.63) is 29.6 Å². The van der Waals surface area contributed by atoms with E-state index in [1.165, 1.54) is 0 Å². The van der Waals surface area contributed by atoms with Crippen LogP contribution in [0, 0.1) is 6.92 Å². The number of pyridine rings is 1. The van der Waals surface area contributed by atoms with Gasteiger partial charge in [0, 0.05) is 38.7 Å². The molecule has 100 valence electrons. The lowest BCUT2D eigenvalue weighted by atomic mass is 10.2. The molecule has 0 aliphatic rings. The van der Waals surface area contributed by atoms with Gasteiger partial charge in [0.2, 0.25) is 5.91 Å². The standard InChI is InChI=1S/C13H21N3O2/c1-11-4-5-12(9-16-11)8-14-10-13(17)15-6-3-7-18-2/h4-5,9,14H,3,6-8,10H2,1-2H3,(H,15,17). The van der Waals surface area contributed by atoms with Crippen molar-refractivity contribution in [2.24, 2.45) is 0 Å². The highest BCUT2D eigenvalue weighted by Crippen LogP contribution is 1.97. The van der Waals surface area contributed by atoms with Crippen LogP contribution in [0.2, 0.25) is 0 Å². The molecule has 0 radical (unpaired) electrons. The number of amides is 1. The Balaban J connectivity index is 2.10. The molecule has 18 heavy (non-hydrogen) atoms. The third-order valence-electron chi connectivity index (χ3n) is 2.43. The van der Waals surface area contributed by atoms with Crippen molar-refractivity contribution in [3.63, 3.8) is 0 Å². The fourth-order valence-corrected chi connectivity index (χ4v) is 1.43. The van der Waals surface area contributed by atoms with Crippen molar-refractivity contribution in [2.75, 3.05) is 26.8 Å². The maximum atomic E-state index is 11.4. The first kappa shape index (κ1) is 14.6. The fourth-order valence-electron chi connectivity index (χ4n) is 1.43. The Morgan fingerprint density at radius 1 is 1.44 bits per heavy atom. The van der Waals surface area contributed by atoms with Crippen molar-refractivity contribution < 1.29 is 9.53 Å². The van der Waals surface area contributed by atoms with Crippen LogP contribution in [0.1, 0.15) is 17.7 Å². The summed E-state index contributed by atoms with van der Waals surface area (Å²) in [6.45, 7) is 4.24. The quantitative estimate of drug-likeness (QED) is 0.665. The van der Waals surface area contributed by atoms with Crippen LogP contribution in [0.4, 0.5) is 0 Å². The number of nitrogens with zero attached hydrogens (tertiary/aromatic N) is 1. The Hall–Kier alpha value is -1.46. The highest BCUT2D eigenvalue weighted by atomic mass is 16.5. The molecule has 0 unspecified atom stereocenters. The van der Waals surface area contributed by atoms with Crippen LogP contribution < -0.4 is 10.6 Å². The molecule has 5 nitrogen and oxygen atoms in total. The monoisotopic (exact) mass is 251 g/mol. The highest BCUT2D eigenvalue weighted by molar-refractivity contribution is 5.77. The van der Waals surface area contributed by atoms with Gasteiger partial charge in [0.1, 0.15) is 0 Å². The van der Waals surface area contributed by atoms with E-state index in [-0.39, 0.29) is 5.91 Å². The van der Waals surface area contributed by atoms with Crippen LogP contribution in [0.3, 0.4) is 0 Å². The van der Waals surface area contributed by atoms with Crippen molar-refractivity contribution in [1.82, 2.24) is 15.6 Å². The van der Waals surface area contributed by atoms with Crippen LogP contribution in [0.25, 0.3) is 0 Å². The summed E-state index contributed by atoms with van der Waals surface area (Å²) in [5.74, 6) is 0.00572. The second-order valence-electron chi connectivity index (χ2n) is 4.11. The first-order valence-corrected chi connectivity index (χ1v) is 6.10. The van der Waals surface area contributed by atoms with Gasteiger partial charge in [-0.3, -0.25) is 9.78 Å². The van der Waals surface area contributed by atoms with Crippen LogP contribution in [0.15, 0.2) is 18.3 Å². The van der Waals surface area contributed by atoms with Crippen molar-refractivity contribution in [3.8, 4) is 0 Å². The first-order valence-electron chi connectivity index (χ1n) is 6.10. The summed E-state index contributed by atoms with van der Waals surface area (Å²) in [6, 6.07) is 3.97. The van der Waals surface area contributed by atoms with Gasteiger partial charge in [-0.15, -0.1) is 0 Å². The van der Waals surface area contributed by atoms with Crippen LogP contribution >= 0.6 is 0 Å². The first-order chi connectivity index (χ1) is 8.72. The number of carbonyl (C=O) groups excluding carboxylic acids is 1. The second-order valence-corrected chi connectivity index (χ2v) is 4.11. The summed E-state index contributed by atoms with van der Waals surface area (Å²) in [5.41, 5.74) is 2.07. The van der Waals surface area contributed by atoms with E-state index >= 15 is 0 Å². The SMILES string of the molecule is COCCCNC(=O)CNCc1ccc(C)nc1. The fraction of sp³-hybridized carbons (Fsp3) is 0.538. The van der Waals surface area contributed by atoms with E-state index in [1.54, 1.807) is 7.11 Å². The number of hydrogen-bond donors (Lipinski definition) is 2. The predicted octanol–water partition coefficient (Wildman–Crippen LogP) is 0.632. The van der Waals surface area contributed by atoms with E-state index < -0.39 is 0 Å². The average Bonchev–Trinajstić information content (AvgIpc) is 2.37. The Bertz CT molecular complexity index is 352. The van der Waals surface area contributed by atoms with E-state index in [0.717, 1.165) is 17.7 Å². The summed E-state index contributed by atoms with van der Waals surface area (Å²) >= 11 is 0. The largest absolute Gasteiger partial charge is 0.385 e. The van der Waals surface area contributed by atoms with Crippen LogP contribution in [0.5, 0.6) is 0 Å². The molecule has 0 saturated heterocycles. The molecular formula is C13H21N3O2. The lowest BCUT2D eigenvalue weighted by Crippen LogP contribution is -2.34. The third kappa shape index (κ3) is 6.32. The Kier molecular flexibility index (Phi) is 6.98. The number of aromatic nitrogens is 1. The van der Waals surface area contributed by atoms with Crippen molar-refractivity contribution in [2.45, 2.75) is 19.9 Å². The van der Waals surface area contributed by atoms with E-state index in [9.17, 15) is 4.79 Å². The zero-order valence-corrected chi connectivity index (χ0v) is 11.0. The minimum atomic E-state index is 0.00572. The normalized spacial score (nSPS) is 10.3. The molecule has 0 saturated carbocycles. The average molecular weight is 251 g/mol. The molecule has 0 bridgehead atoms. The van der Waals surface area contributed by atoms with Gasteiger partial charge in [-0.2, -0.15) is 0 Å². The number of nitrogens with one attached hydrogen (secondary N) is 2. The predicted molar refractivity (Wildman–Crippen MR) is 70.2 cm³/mol. The van der Waals surface area contributed by atoms with Crippen molar-refractivity contribution >= 4 is 5.91 Å². The number of rotatable bonds is 8. The Morgan fingerprint density at radius 2 is 2.28 bits per heavy atom. The number of aryl methyl sites for hydroxylation is 1. The molecule has 2 N–H and O–H groups in total. The van der Waals surface area contributed by atoms with Crippen molar-refractivity contribution in [1.29, 1.82) is 0 Å². The molecule has 1 rings (SSSR count). The van der Waals surface area contributed by atoms with Gasteiger partial charge in [-0.1, -0.05) is 6.07 Å². The zero-order chi connectivity index (χ0) is 13.2. The Labute approximate surface area is 108 Å². The summed E-state index contributed by atoms with van der Waals surface area (Å²) in [7, 11) is 1.65. The van der Waals surface area contributed by atoms with Gasteiger partial charge < -0.3 is 15.4 Å². The smallest absolute Gasteiger partial charge is 0.233 e. The number of methoxy groups -OCH3 is 1. The van der Waals surface area contributed by atoms with E-state index in [0.29, 0.717) is 26.2 Å². The number of carbonyl (C=O) groups is 1. The summed E-state index contributed by atoms with van der Waals surface area (Å²) in [6.07, 6.45) is 2.66. The molecule has 0 fully saturated rings. The lowest BCUT2D eigenvalue weighted by molar-refractivity contribution is -0.120. The molecule has 0 aliphatic heterocycles. The summed E-state index contributed by atoms with van der Waals surface area (Å²) in [5, 5.41) is 5.89. The highest BCUT2D eigenvalue weighted by Gasteiger charge is 2.00. The molecule has 5 heteroatoms. The number of hydrogen-bond acceptors (Lipinski definition) is 4. The second kappa shape index (κ2) is 8.60. The molecular weight excluding hydrogens is 230 g/mol. The number of ether oxygens (including phenoxy) is 1. The molecule has 0 atom stereocenters. The van der Waals surface area contributed by atoms with E-state index in [1.807, 2.05) is 25.3 Å². The molecule has 1 heterocycles. The minimum absolute atomic E-state index is 0.00572. The molecule has 1 aromatic rings. The topological polar surface area (TPSA) is 63.2 Å². The third-order valence-corrected chi connectivity index (χ3v) is 2.43. The van der Waals surface area contributed by atoms with Crippen LogP contribution in [-0.4, -0.2) is 37.7 Å². The summed E-state index contributed by atoms with van der Waals surface area (Å²) in [4.78, 5) is 15.6. The molecule has 0 spiro atoms. The van der Waals surface area contributed by atoms with E-state index in [4.69, 9.17) is 4.74 Å². The molecule has 0 aliphatic carbocycles. The van der Waals surface area contributed by atoms with Gasteiger partial charge in [0.25, 0.3) is 0 Å². The van der Waals surface area contributed by atoms with Crippen LogP contribution in [-0.2, 0) is 16.1 Å². The van der Waals surface area contributed by atoms with Gasteiger partial charge in [0.05, 0.1) is 6.54 Å². The summed E-state index contributed by atoms with van der Waals surface area (Å²) < 4.78 is 4.90. The minimum Gasteiger partial charge on any atom is -0.385 e. The van der Waals surface area contributed by atoms with Gasteiger partial charge >= 0.3 is 0 Å². The Morgan fingerprint density at radius 3 is 2.94 bits per heavy atom. The molecule has 1 amide bonds. The maximum absolute atomic E-state index is 11.4. The van der Waals surface area contributed by atoms with E-state index in [2.05, 4.69) is 15.6 Å². The molecule has 1 aromatic heterocycles. The molecule has 0 aromatic carbocycles.